The second kappa shape index (κ2) is 12.1. The molecule has 0 bridgehead atoms. The lowest BCUT2D eigenvalue weighted by Gasteiger charge is -2.64. The molecule has 0 radical (unpaired) electrons. The number of hydrogen-bond donors (Lipinski definition) is 2. The van der Waals surface area contributed by atoms with Crippen LogP contribution in [0.4, 0.5) is 0 Å². The van der Waals surface area contributed by atoms with Gasteiger partial charge in [-0.2, -0.15) is 0 Å². The third kappa shape index (κ3) is 4.96. The lowest BCUT2D eigenvalue weighted by Crippen LogP contribution is -2.64. The molecule has 8 fully saturated rings. The highest BCUT2D eigenvalue weighted by molar-refractivity contribution is 5.33. The van der Waals surface area contributed by atoms with Crippen LogP contribution in [0, 0.1) is 50.7 Å². The van der Waals surface area contributed by atoms with E-state index in [1.54, 1.807) is 0 Å². The molecule has 8 heteroatoms. The highest BCUT2D eigenvalue weighted by atomic mass is 16.7. The Morgan fingerprint density at radius 3 is 2.34 bits per heavy atom. The Hall–Kier alpha value is -0.320. The Morgan fingerprint density at radius 2 is 1.66 bits per heavy atom. The first-order valence-corrected chi connectivity index (χ1v) is 20.9. The van der Waals surface area contributed by atoms with Crippen molar-refractivity contribution in [1.29, 1.82) is 0 Å². The first-order valence-electron chi connectivity index (χ1n) is 20.9. The van der Waals surface area contributed by atoms with E-state index in [1.165, 1.54) is 51.6 Å². The first-order chi connectivity index (χ1) is 23.4. The van der Waals surface area contributed by atoms with Gasteiger partial charge in [-0.3, -0.25) is 9.80 Å². The van der Waals surface area contributed by atoms with Gasteiger partial charge in [0.2, 0.25) is 0 Å². The van der Waals surface area contributed by atoms with Crippen molar-refractivity contribution in [3.05, 3.63) is 0 Å². The van der Waals surface area contributed by atoms with Gasteiger partial charge in [0.1, 0.15) is 6.10 Å². The van der Waals surface area contributed by atoms with Crippen molar-refractivity contribution in [2.75, 3.05) is 39.4 Å². The Labute approximate surface area is 303 Å². The van der Waals surface area contributed by atoms with E-state index < -0.39 is 17.8 Å². The van der Waals surface area contributed by atoms with E-state index in [2.05, 4.69) is 58.3 Å². The maximum atomic E-state index is 12.6. The number of hydrogen-bond acceptors (Lipinski definition) is 8. The van der Waals surface area contributed by atoms with E-state index in [1.807, 2.05) is 20.8 Å². The third-order valence-corrected chi connectivity index (χ3v) is 17.7. The molecule has 3 aliphatic heterocycles. The maximum Gasteiger partial charge on any atom is 0.170 e. The lowest BCUT2D eigenvalue weighted by molar-refractivity contribution is -0.253. The summed E-state index contributed by atoms with van der Waals surface area (Å²) in [5.74, 6) is 1.86. The SMILES string of the molecule is CCO[C@@H](C1C[C@@H](C)[C@H]2C(O1)[C@H](O)C1(C)C3CC[C@H]4C(C)(C)[C@@H](OC5CN(C6CN(C(C)C)C6)CCO5)CC[C@@]45CC35CC[C@]21C)C(C)(C)O. The molecule has 286 valence electrons. The molecule has 50 heavy (non-hydrogen) atoms. The molecule has 6 unspecified atom stereocenters. The molecule has 3 heterocycles. The Morgan fingerprint density at radius 1 is 0.960 bits per heavy atom. The highest BCUT2D eigenvalue weighted by Gasteiger charge is 2.84. The summed E-state index contributed by atoms with van der Waals surface area (Å²) in [5, 5.41) is 23.7. The molecule has 0 amide bonds. The fraction of sp³-hybridized carbons (Fsp3) is 1.00. The molecule has 8 aliphatic rings. The van der Waals surface area contributed by atoms with E-state index in [0.29, 0.717) is 53.2 Å². The summed E-state index contributed by atoms with van der Waals surface area (Å²) in [6.07, 6.45) is 8.17. The standard InChI is InChI=1S/C42H72N2O6/c1-11-47-36(38(7,8)46)28-20-26(4)33-34(49-28)35(45)40(10)30-13-12-29-37(5,6)31(14-15-41(29)24-42(30,41)17-16-39(33,40)9)50-32-23-43(18-19-48-32)27-21-44(22-27)25(2)3/h25-36,45-46H,11-24H2,1-10H3/t26-,28?,29+,30?,31+,32?,33+,34?,35+,36+,39-,40?,41-,42?/m1/s1. The summed E-state index contributed by atoms with van der Waals surface area (Å²) >= 11 is 0. The summed E-state index contributed by atoms with van der Waals surface area (Å²) < 4.78 is 26.5. The molecule has 5 aliphatic carbocycles. The summed E-state index contributed by atoms with van der Waals surface area (Å²) in [4.78, 5) is 5.19. The van der Waals surface area contributed by atoms with E-state index in [-0.39, 0.29) is 40.8 Å². The molecular formula is C42H72N2O6. The second-order valence-electron chi connectivity index (χ2n) is 20.7. The van der Waals surface area contributed by atoms with Gasteiger partial charge in [0.25, 0.3) is 0 Å². The number of likely N-dealkylation sites (tertiary alicyclic amines) is 1. The van der Waals surface area contributed by atoms with Crippen LogP contribution in [0.15, 0.2) is 0 Å². The van der Waals surface area contributed by atoms with Crippen LogP contribution < -0.4 is 0 Å². The molecule has 3 saturated heterocycles. The van der Waals surface area contributed by atoms with Gasteiger partial charge < -0.3 is 29.2 Å². The lowest BCUT2D eigenvalue weighted by atomic mass is 9.41. The summed E-state index contributed by atoms with van der Waals surface area (Å²) in [6.45, 7) is 28.2. The number of rotatable bonds is 8. The van der Waals surface area contributed by atoms with Gasteiger partial charge in [-0.1, -0.05) is 34.6 Å². The van der Waals surface area contributed by atoms with Gasteiger partial charge in [0.15, 0.2) is 6.29 Å². The number of fused-ring (bicyclic) bond motifs is 4. The van der Waals surface area contributed by atoms with Crippen LogP contribution in [0.2, 0.25) is 0 Å². The molecule has 0 aromatic heterocycles. The van der Waals surface area contributed by atoms with Gasteiger partial charge in [-0.05, 0) is 131 Å². The highest BCUT2D eigenvalue weighted by Crippen LogP contribution is 2.89. The van der Waals surface area contributed by atoms with Crippen LogP contribution in [-0.2, 0) is 18.9 Å². The van der Waals surface area contributed by atoms with Crippen molar-refractivity contribution in [2.24, 2.45) is 50.7 Å². The van der Waals surface area contributed by atoms with Gasteiger partial charge in [0.05, 0.1) is 36.6 Å². The molecule has 0 aromatic rings. The zero-order valence-electron chi connectivity index (χ0n) is 33.2. The number of aliphatic hydroxyl groups excluding tert-OH is 1. The number of morpholine rings is 1. The minimum Gasteiger partial charge on any atom is -0.390 e. The topological polar surface area (TPSA) is 83.9 Å². The predicted octanol–water partition coefficient (Wildman–Crippen LogP) is 6.11. The quantitative estimate of drug-likeness (QED) is 0.314. The van der Waals surface area contributed by atoms with Crippen LogP contribution >= 0.6 is 0 Å². The fourth-order valence-electron chi connectivity index (χ4n) is 15.1. The molecular weight excluding hydrogens is 628 g/mol. The van der Waals surface area contributed by atoms with Gasteiger partial charge >= 0.3 is 0 Å². The largest absolute Gasteiger partial charge is 0.390 e. The van der Waals surface area contributed by atoms with Crippen molar-refractivity contribution in [3.8, 4) is 0 Å². The Balaban J connectivity index is 0.991. The fourth-order valence-corrected chi connectivity index (χ4v) is 15.1. The van der Waals surface area contributed by atoms with Crippen molar-refractivity contribution < 1.29 is 29.2 Å². The molecule has 2 spiro atoms. The Bertz CT molecular complexity index is 1280. The van der Waals surface area contributed by atoms with Crippen LogP contribution in [0.25, 0.3) is 0 Å². The van der Waals surface area contributed by atoms with Crippen LogP contribution in [-0.4, -0.2) is 114 Å². The number of aliphatic hydroxyl groups is 2. The normalized spacial score (nSPS) is 51.2. The summed E-state index contributed by atoms with van der Waals surface area (Å²) in [6, 6.07) is 1.26. The number of ether oxygens (including phenoxy) is 4. The van der Waals surface area contributed by atoms with Crippen molar-refractivity contribution in [1.82, 2.24) is 9.80 Å². The molecule has 5 saturated carbocycles. The zero-order chi connectivity index (χ0) is 35.8. The van der Waals surface area contributed by atoms with E-state index in [9.17, 15) is 10.2 Å². The van der Waals surface area contributed by atoms with E-state index in [4.69, 9.17) is 18.9 Å². The van der Waals surface area contributed by atoms with E-state index >= 15 is 0 Å². The first kappa shape index (κ1) is 36.6. The molecule has 2 N–H and O–H groups in total. The zero-order valence-corrected chi connectivity index (χ0v) is 33.2. The van der Waals surface area contributed by atoms with Crippen LogP contribution in [0.3, 0.4) is 0 Å². The Kier molecular flexibility index (Phi) is 8.86. The average molecular weight is 701 g/mol. The minimum atomic E-state index is -1.01. The number of nitrogens with zero attached hydrogens (tertiary/aromatic N) is 2. The monoisotopic (exact) mass is 701 g/mol. The summed E-state index contributed by atoms with van der Waals surface area (Å²) in [7, 11) is 0. The molecule has 8 nitrogen and oxygen atoms in total. The van der Waals surface area contributed by atoms with Crippen LogP contribution in [0.1, 0.15) is 121 Å². The smallest absolute Gasteiger partial charge is 0.170 e. The van der Waals surface area contributed by atoms with Crippen molar-refractivity contribution in [2.45, 2.75) is 175 Å². The summed E-state index contributed by atoms with van der Waals surface area (Å²) in [5.41, 5.74) is -0.421. The third-order valence-electron chi connectivity index (χ3n) is 17.7. The second-order valence-corrected chi connectivity index (χ2v) is 20.7. The van der Waals surface area contributed by atoms with Crippen LogP contribution in [0.5, 0.6) is 0 Å². The molecule has 0 aromatic carbocycles. The van der Waals surface area contributed by atoms with Crippen molar-refractivity contribution in [3.63, 3.8) is 0 Å². The molecule has 14 atom stereocenters. The predicted molar refractivity (Wildman–Crippen MR) is 194 cm³/mol. The van der Waals surface area contributed by atoms with Gasteiger partial charge in [0, 0.05) is 50.3 Å². The molecule has 8 rings (SSSR count). The minimum absolute atomic E-state index is 0.0243. The van der Waals surface area contributed by atoms with Gasteiger partial charge in [-0.25, -0.2) is 0 Å². The van der Waals surface area contributed by atoms with Gasteiger partial charge in [-0.15, -0.1) is 0 Å². The maximum absolute atomic E-state index is 12.6. The van der Waals surface area contributed by atoms with E-state index in [0.717, 1.165) is 32.5 Å². The van der Waals surface area contributed by atoms with Crippen molar-refractivity contribution >= 4 is 0 Å². The average Bonchev–Trinajstić information content (AvgIpc) is 3.64.